The van der Waals surface area contributed by atoms with Crippen LogP contribution in [0.1, 0.15) is 39.9 Å². The Morgan fingerprint density at radius 2 is 1.39 bits per heavy atom. The summed E-state index contributed by atoms with van der Waals surface area (Å²) in [5, 5.41) is 0. The van der Waals surface area contributed by atoms with E-state index in [0.717, 1.165) is 16.7 Å². The Morgan fingerprint density at radius 3 is 1.96 bits per heavy atom. The molecule has 0 aromatic heterocycles. The number of carbonyl (C=O) groups is 2. The van der Waals surface area contributed by atoms with E-state index in [-0.39, 0.29) is 5.78 Å². The van der Waals surface area contributed by atoms with E-state index in [1.165, 1.54) is 0 Å². The first-order valence-corrected chi connectivity index (χ1v) is 9.21. The summed E-state index contributed by atoms with van der Waals surface area (Å²) in [4.78, 5) is 25.8. The molecule has 1 heterocycles. The van der Waals surface area contributed by atoms with Gasteiger partial charge in [-0.25, -0.2) is 0 Å². The summed E-state index contributed by atoms with van der Waals surface area (Å²) in [7, 11) is 0. The standard InChI is InChI=1S/C24H20O4/c1-15-11-13-17(14-12-15)23(25)16(2)27-24(26)22-18-7-3-5-9-20(18)28-21-10-6-4-8-19(21)22/h3-14,16,22H,1-2H3/t16-/m0/s1. The van der Waals surface area contributed by atoms with E-state index in [4.69, 9.17) is 9.47 Å². The third kappa shape index (κ3) is 3.29. The first kappa shape index (κ1) is 18.0. The second-order valence-corrected chi connectivity index (χ2v) is 6.92. The SMILES string of the molecule is Cc1ccc(C(=O)[C@H](C)OC(=O)C2c3ccccc3Oc3ccccc32)cc1. The molecule has 1 aliphatic heterocycles. The van der Waals surface area contributed by atoms with Gasteiger partial charge in [0, 0.05) is 16.7 Å². The maximum atomic E-state index is 13.1. The fourth-order valence-electron chi connectivity index (χ4n) is 3.41. The number of hydrogen-bond acceptors (Lipinski definition) is 4. The number of esters is 1. The van der Waals surface area contributed by atoms with Crippen LogP contribution in [0.3, 0.4) is 0 Å². The Balaban J connectivity index is 1.61. The maximum Gasteiger partial charge on any atom is 0.318 e. The van der Waals surface area contributed by atoms with Gasteiger partial charge in [-0.15, -0.1) is 0 Å². The fraction of sp³-hybridized carbons (Fsp3) is 0.167. The molecule has 0 bridgehead atoms. The molecule has 0 aliphatic carbocycles. The van der Waals surface area contributed by atoms with Crippen LogP contribution >= 0.6 is 0 Å². The molecule has 0 saturated heterocycles. The van der Waals surface area contributed by atoms with Gasteiger partial charge in [0.2, 0.25) is 5.78 Å². The molecule has 0 spiro atoms. The molecule has 140 valence electrons. The lowest BCUT2D eigenvalue weighted by atomic mass is 9.88. The minimum Gasteiger partial charge on any atom is -0.457 e. The number of carbonyl (C=O) groups excluding carboxylic acids is 2. The van der Waals surface area contributed by atoms with Crippen molar-refractivity contribution in [2.75, 3.05) is 0 Å². The summed E-state index contributed by atoms with van der Waals surface area (Å²) in [6.45, 7) is 3.56. The van der Waals surface area contributed by atoms with Gasteiger partial charge in [0.15, 0.2) is 6.10 Å². The van der Waals surface area contributed by atoms with Crippen molar-refractivity contribution in [3.05, 3.63) is 95.1 Å². The first-order chi connectivity index (χ1) is 13.5. The first-order valence-electron chi connectivity index (χ1n) is 9.21. The van der Waals surface area contributed by atoms with Crippen molar-refractivity contribution in [1.29, 1.82) is 0 Å². The average molecular weight is 372 g/mol. The number of hydrogen-bond donors (Lipinski definition) is 0. The number of rotatable bonds is 4. The van der Waals surface area contributed by atoms with Crippen molar-refractivity contribution < 1.29 is 19.1 Å². The number of para-hydroxylation sites is 2. The Bertz CT molecular complexity index is 991. The van der Waals surface area contributed by atoms with Crippen LogP contribution in [-0.2, 0) is 9.53 Å². The van der Waals surface area contributed by atoms with E-state index in [9.17, 15) is 9.59 Å². The van der Waals surface area contributed by atoms with Gasteiger partial charge in [-0.1, -0.05) is 66.2 Å². The zero-order valence-electron chi connectivity index (χ0n) is 15.7. The van der Waals surface area contributed by atoms with Gasteiger partial charge >= 0.3 is 5.97 Å². The molecule has 3 aromatic carbocycles. The van der Waals surface area contributed by atoms with Gasteiger partial charge in [0.1, 0.15) is 17.4 Å². The van der Waals surface area contributed by atoms with Crippen LogP contribution in [0.5, 0.6) is 11.5 Å². The van der Waals surface area contributed by atoms with Crippen molar-refractivity contribution in [1.82, 2.24) is 0 Å². The number of aryl methyl sites for hydroxylation is 1. The van der Waals surface area contributed by atoms with Crippen LogP contribution in [0, 0.1) is 6.92 Å². The largest absolute Gasteiger partial charge is 0.457 e. The molecule has 4 nitrogen and oxygen atoms in total. The van der Waals surface area contributed by atoms with E-state index in [1.54, 1.807) is 19.1 Å². The topological polar surface area (TPSA) is 52.6 Å². The Labute approximate surface area is 163 Å². The number of fused-ring (bicyclic) bond motifs is 2. The summed E-state index contributed by atoms with van der Waals surface area (Å²) < 4.78 is 11.5. The number of ether oxygens (including phenoxy) is 2. The number of benzene rings is 3. The summed E-state index contributed by atoms with van der Waals surface area (Å²) in [5.41, 5.74) is 3.07. The van der Waals surface area contributed by atoms with Crippen LogP contribution in [0.15, 0.2) is 72.8 Å². The van der Waals surface area contributed by atoms with E-state index in [0.29, 0.717) is 17.1 Å². The molecular formula is C24H20O4. The molecule has 1 atom stereocenters. The minimum atomic E-state index is -0.877. The normalized spacial score (nSPS) is 13.6. The van der Waals surface area contributed by atoms with Crippen molar-refractivity contribution in [3.63, 3.8) is 0 Å². The van der Waals surface area contributed by atoms with E-state index >= 15 is 0 Å². The van der Waals surface area contributed by atoms with Crippen LogP contribution in [0.4, 0.5) is 0 Å². The average Bonchev–Trinajstić information content (AvgIpc) is 2.71. The van der Waals surface area contributed by atoms with Gasteiger partial charge in [0.05, 0.1) is 0 Å². The van der Waals surface area contributed by atoms with Crippen molar-refractivity contribution in [2.45, 2.75) is 25.9 Å². The zero-order chi connectivity index (χ0) is 19.7. The van der Waals surface area contributed by atoms with E-state index in [1.807, 2.05) is 67.6 Å². The molecule has 0 radical (unpaired) electrons. The molecule has 0 fully saturated rings. The zero-order valence-corrected chi connectivity index (χ0v) is 15.7. The highest BCUT2D eigenvalue weighted by atomic mass is 16.5. The van der Waals surface area contributed by atoms with Gasteiger partial charge in [-0.2, -0.15) is 0 Å². The third-order valence-electron chi connectivity index (χ3n) is 4.91. The Hall–Kier alpha value is -3.40. The van der Waals surface area contributed by atoms with Gasteiger partial charge < -0.3 is 9.47 Å². The number of Topliss-reactive ketones (excluding diaryl/α,β-unsaturated/α-hetero) is 1. The van der Waals surface area contributed by atoms with Gasteiger partial charge in [0.25, 0.3) is 0 Å². The fourth-order valence-corrected chi connectivity index (χ4v) is 3.41. The summed E-state index contributed by atoms with van der Waals surface area (Å²) in [6, 6.07) is 22.0. The van der Waals surface area contributed by atoms with Crippen molar-refractivity contribution in [3.8, 4) is 11.5 Å². The van der Waals surface area contributed by atoms with Crippen LogP contribution in [0.2, 0.25) is 0 Å². The van der Waals surface area contributed by atoms with Crippen LogP contribution in [0.25, 0.3) is 0 Å². The summed E-state index contributed by atoms with van der Waals surface area (Å²) >= 11 is 0. The molecule has 0 amide bonds. The molecular weight excluding hydrogens is 352 g/mol. The quantitative estimate of drug-likeness (QED) is 0.475. The van der Waals surface area contributed by atoms with Gasteiger partial charge in [-0.3, -0.25) is 9.59 Å². The van der Waals surface area contributed by atoms with E-state index < -0.39 is 18.0 Å². The number of ketones is 1. The smallest absolute Gasteiger partial charge is 0.318 e. The Morgan fingerprint density at radius 1 is 0.857 bits per heavy atom. The lowest BCUT2D eigenvalue weighted by Gasteiger charge is -2.27. The van der Waals surface area contributed by atoms with Crippen molar-refractivity contribution in [2.24, 2.45) is 0 Å². The molecule has 4 rings (SSSR count). The lowest BCUT2D eigenvalue weighted by Crippen LogP contribution is -2.29. The Kier molecular flexibility index (Phi) is 4.70. The van der Waals surface area contributed by atoms with Crippen molar-refractivity contribution >= 4 is 11.8 Å². The summed E-state index contributed by atoms with van der Waals surface area (Å²) in [5.74, 6) is -0.0612. The predicted octanol–water partition coefficient (Wildman–Crippen LogP) is 5.05. The molecule has 28 heavy (non-hydrogen) atoms. The second kappa shape index (κ2) is 7.31. The highest BCUT2D eigenvalue weighted by molar-refractivity contribution is 6.00. The van der Waals surface area contributed by atoms with Crippen LogP contribution < -0.4 is 4.74 Å². The lowest BCUT2D eigenvalue weighted by molar-refractivity contribution is -0.147. The maximum absolute atomic E-state index is 13.1. The molecule has 4 heteroatoms. The molecule has 0 unspecified atom stereocenters. The second-order valence-electron chi connectivity index (χ2n) is 6.92. The molecule has 0 saturated carbocycles. The molecule has 1 aliphatic rings. The monoisotopic (exact) mass is 372 g/mol. The highest BCUT2D eigenvalue weighted by Crippen LogP contribution is 2.44. The van der Waals surface area contributed by atoms with E-state index in [2.05, 4.69) is 0 Å². The molecule has 3 aromatic rings. The summed E-state index contributed by atoms with van der Waals surface area (Å²) in [6.07, 6.45) is -0.877. The minimum absolute atomic E-state index is 0.220. The predicted molar refractivity (Wildman–Crippen MR) is 106 cm³/mol. The highest BCUT2D eigenvalue weighted by Gasteiger charge is 2.35. The van der Waals surface area contributed by atoms with Crippen LogP contribution in [-0.4, -0.2) is 17.9 Å². The van der Waals surface area contributed by atoms with Gasteiger partial charge in [-0.05, 0) is 26.0 Å². The third-order valence-corrected chi connectivity index (χ3v) is 4.91. The molecule has 0 N–H and O–H groups in total.